The third kappa shape index (κ3) is 3.70. The van der Waals surface area contributed by atoms with Gasteiger partial charge in [-0.05, 0) is 43.2 Å². The van der Waals surface area contributed by atoms with Crippen LogP contribution in [0, 0.1) is 11.3 Å². The predicted molar refractivity (Wildman–Crippen MR) is 78.4 cm³/mol. The van der Waals surface area contributed by atoms with E-state index in [1.54, 1.807) is 11.8 Å². The smallest absolute Gasteiger partial charge is 0.209 e. The molecule has 1 fully saturated rings. The van der Waals surface area contributed by atoms with Gasteiger partial charge in [-0.3, -0.25) is 5.32 Å². The number of rotatable bonds is 7. The molecule has 110 valence electrons. The zero-order chi connectivity index (χ0) is 14.4. The Balaban J connectivity index is 1.96. The van der Waals surface area contributed by atoms with Crippen LogP contribution >= 0.6 is 11.8 Å². The lowest BCUT2D eigenvalue weighted by Gasteiger charge is -2.22. The van der Waals surface area contributed by atoms with Crippen LogP contribution < -0.4 is 5.32 Å². The molecule has 0 spiro atoms. The number of nitrogens with one attached hydrogen (secondary N) is 1. The van der Waals surface area contributed by atoms with Crippen molar-refractivity contribution in [3.63, 3.8) is 0 Å². The molecule has 1 aliphatic rings. The van der Waals surface area contributed by atoms with Gasteiger partial charge in [-0.25, -0.2) is 4.68 Å². The molecule has 7 heteroatoms. The maximum absolute atomic E-state index is 9.34. The minimum atomic E-state index is -0.535. The van der Waals surface area contributed by atoms with E-state index >= 15 is 0 Å². The fraction of sp³-hybridized carbons (Fsp3) is 0.846. The molecule has 1 aliphatic carbocycles. The van der Waals surface area contributed by atoms with Crippen molar-refractivity contribution in [2.75, 3.05) is 12.3 Å². The van der Waals surface area contributed by atoms with E-state index in [-0.39, 0.29) is 0 Å². The van der Waals surface area contributed by atoms with Crippen LogP contribution in [-0.2, 0) is 0 Å². The van der Waals surface area contributed by atoms with E-state index in [9.17, 15) is 5.26 Å². The minimum absolute atomic E-state index is 0.435. The molecule has 1 atom stereocenters. The van der Waals surface area contributed by atoms with Crippen LogP contribution in [0.3, 0.4) is 0 Å². The van der Waals surface area contributed by atoms with Gasteiger partial charge in [0, 0.05) is 5.75 Å². The van der Waals surface area contributed by atoms with Gasteiger partial charge in [0.15, 0.2) is 0 Å². The molecule has 1 unspecified atom stereocenters. The molecular formula is C13H22N6S. The standard InChI is InChI=1S/C13H22N6S/c1-3-8-15-13(2,9-14)10-20-12-16-17-18-19(12)11-6-4-5-7-11/h11,15H,3-8,10H2,1-2H3. The van der Waals surface area contributed by atoms with Crippen LogP contribution in [0.4, 0.5) is 0 Å². The first-order valence-corrected chi connectivity index (χ1v) is 8.24. The second-order valence-corrected chi connectivity index (χ2v) is 6.45. The largest absolute Gasteiger partial charge is 0.299 e. The van der Waals surface area contributed by atoms with Gasteiger partial charge in [-0.15, -0.1) is 5.10 Å². The van der Waals surface area contributed by atoms with E-state index in [0.717, 1.165) is 31.0 Å². The Morgan fingerprint density at radius 1 is 1.50 bits per heavy atom. The van der Waals surface area contributed by atoms with E-state index in [1.807, 2.05) is 11.6 Å². The summed E-state index contributed by atoms with van der Waals surface area (Å²) < 4.78 is 1.94. The number of nitriles is 1. The molecule has 0 aliphatic heterocycles. The Kier molecular flexibility index (Phi) is 5.38. The lowest BCUT2D eigenvalue weighted by Crippen LogP contribution is -2.43. The van der Waals surface area contributed by atoms with Gasteiger partial charge in [-0.2, -0.15) is 5.26 Å². The van der Waals surface area contributed by atoms with Crippen LogP contribution in [0.15, 0.2) is 5.16 Å². The van der Waals surface area contributed by atoms with Crippen molar-refractivity contribution in [2.24, 2.45) is 0 Å². The predicted octanol–water partition coefficient (Wildman–Crippen LogP) is 2.16. The van der Waals surface area contributed by atoms with Gasteiger partial charge in [-0.1, -0.05) is 31.5 Å². The molecule has 0 amide bonds. The molecule has 1 aromatic rings. The minimum Gasteiger partial charge on any atom is -0.299 e. The van der Waals surface area contributed by atoms with E-state index < -0.39 is 5.54 Å². The highest BCUT2D eigenvalue weighted by atomic mass is 32.2. The Hall–Kier alpha value is -1.13. The summed E-state index contributed by atoms with van der Waals surface area (Å²) in [5.74, 6) is 0.649. The zero-order valence-corrected chi connectivity index (χ0v) is 13.0. The monoisotopic (exact) mass is 294 g/mol. The second kappa shape index (κ2) is 7.04. The molecule has 1 aromatic heterocycles. The average Bonchev–Trinajstić information content (AvgIpc) is 3.12. The average molecular weight is 294 g/mol. The third-order valence-electron chi connectivity index (χ3n) is 3.64. The normalized spacial score (nSPS) is 18.9. The van der Waals surface area contributed by atoms with Crippen molar-refractivity contribution in [3.05, 3.63) is 0 Å². The van der Waals surface area contributed by atoms with E-state index in [0.29, 0.717) is 11.8 Å². The number of nitrogens with zero attached hydrogens (tertiary/aromatic N) is 5. The summed E-state index contributed by atoms with van der Waals surface area (Å²) in [6.07, 6.45) is 5.83. The fourth-order valence-corrected chi connectivity index (χ4v) is 3.39. The summed E-state index contributed by atoms with van der Waals surface area (Å²) in [6.45, 7) is 4.87. The molecule has 20 heavy (non-hydrogen) atoms. The second-order valence-electron chi connectivity index (χ2n) is 5.50. The number of thioether (sulfide) groups is 1. The quantitative estimate of drug-likeness (QED) is 0.776. The zero-order valence-electron chi connectivity index (χ0n) is 12.2. The maximum atomic E-state index is 9.34. The highest BCUT2D eigenvalue weighted by Crippen LogP contribution is 2.32. The molecule has 1 saturated carbocycles. The van der Waals surface area contributed by atoms with Gasteiger partial charge in [0.05, 0.1) is 12.1 Å². The Labute approximate surface area is 124 Å². The first-order valence-electron chi connectivity index (χ1n) is 7.25. The van der Waals surface area contributed by atoms with Crippen molar-refractivity contribution >= 4 is 11.8 Å². The van der Waals surface area contributed by atoms with E-state index in [1.165, 1.54) is 12.8 Å². The summed E-state index contributed by atoms with van der Waals surface area (Å²) in [4.78, 5) is 0. The number of hydrogen-bond acceptors (Lipinski definition) is 6. The molecule has 0 aromatic carbocycles. The van der Waals surface area contributed by atoms with Crippen LogP contribution in [0.5, 0.6) is 0 Å². The number of tetrazole rings is 1. The maximum Gasteiger partial charge on any atom is 0.209 e. The topological polar surface area (TPSA) is 79.4 Å². The van der Waals surface area contributed by atoms with Crippen molar-refractivity contribution in [1.29, 1.82) is 5.26 Å². The molecular weight excluding hydrogens is 272 g/mol. The van der Waals surface area contributed by atoms with Gasteiger partial charge in [0.1, 0.15) is 5.54 Å². The summed E-state index contributed by atoms with van der Waals surface area (Å²) in [5.41, 5.74) is -0.535. The van der Waals surface area contributed by atoms with E-state index in [4.69, 9.17) is 0 Å². The number of hydrogen-bond donors (Lipinski definition) is 1. The van der Waals surface area contributed by atoms with Crippen LogP contribution in [0.25, 0.3) is 0 Å². The van der Waals surface area contributed by atoms with E-state index in [2.05, 4.69) is 33.8 Å². The first-order chi connectivity index (χ1) is 9.68. The summed E-state index contributed by atoms with van der Waals surface area (Å²) in [5, 5.41) is 25.5. The van der Waals surface area contributed by atoms with Gasteiger partial charge in [0.2, 0.25) is 5.16 Å². The van der Waals surface area contributed by atoms with Gasteiger partial charge < -0.3 is 0 Å². The first kappa shape index (κ1) is 15.3. The summed E-state index contributed by atoms with van der Waals surface area (Å²) >= 11 is 1.56. The molecule has 1 heterocycles. The molecule has 6 nitrogen and oxygen atoms in total. The molecule has 2 rings (SSSR count). The number of aromatic nitrogens is 4. The van der Waals surface area contributed by atoms with Crippen molar-refractivity contribution in [2.45, 2.75) is 62.7 Å². The van der Waals surface area contributed by atoms with Gasteiger partial charge in [0.25, 0.3) is 0 Å². The van der Waals surface area contributed by atoms with Gasteiger partial charge >= 0.3 is 0 Å². The molecule has 0 saturated heterocycles. The Morgan fingerprint density at radius 2 is 2.25 bits per heavy atom. The summed E-state index contributed by atoms with van der Waals surface area (Å²) in [7, 11) is 0. The summed E-state index contributed by atoms with van der Waals surface area (Å²) in [6, 6.07) is 2.79. The third-order valence-corrected chi connectivity index (χ3v) is 4.88. The van der Waals surface area contributed by atoms with Crippen molar-refractivity contribution in [3.8, 4) is 6.07 Å². The fourth-order valence-electron chi connectivity index (χ4n) is 2.39. The van der Waals surface area contributed by atoms with Crippen LogP contribution in [0.2, 0.25) is 0 Å². The van der Waals surface area contributed by atoms with Crippen molar-refractivity contribution < 1.29 is 0 Å². The van der Waals surface area contributed by atoms with Crippen LogP contribution in [-0.4, -0.2) is 38.0 Å². The molecule has 1 N–H and O–H groups in total. The lowest BCUT2D eigenvalue weighted by molar-refractivity contribution is 0.422. The van der Waals surface area contributed by atoms with Crippen molar-refractivity contribution in [1.82, 2.24) is 25.5 Å². The Bertz CT molecular complexity index is 462. The highest BCUT2D eigenvalue weighted by Gasteiger charge is 2.26. The lowest BCUT2D eigenvalue weighted by atomic mass is 10.1. The highest BCUT2D eigenvalue weighted by molar-refractivity contribution is 7.99. The Morgan fingerprint density at radius 3 is 2.90 bits per heavy atom. The molecule has 0 radical (unpaired) electrons. The molecule has 0 bridgehead atoms. The van der Waals surface area contributed by atoms with Crippen LogP contribution in [0.1, 0.15) is 52.0 Å². The SMILES string of the molecule is CCCNC(C)(C#N)CSc1nnnn1C1CCCC1.